The fraction of sp³-hybridized carbons (Fsp3) is 0.286. The van der Waals surface area contributed by atoms with Crippen LogP contribution >= 0.6 is 0 Å². The second-order valence-electron chi connectivity index (χ2n) is 8.61. The summed E-state index contributed by atoms with van der Waals surface area (Å²) in [6.45, 7) is 3.23. The van der Waals surface area contributed by atoms with Gasteiger partial charge in [-0.25, -0.2) is 12.8 Å². The van der Waals surface area contributed by atoms with Crippen molar-refractivity contribution in [1.29, 1.82) is 0 Å². The predicted octanol–water partition coefficient (Wildman–Crippen LogP) is 3.97. The minimum atomic E-state index is -4.32. The number of nitrogens with zero attached hydrogens (tertiary/aromatic N) is 2. The first-order chi connectivity index (χ1) is 18.2. The Labute approximate surface area is 223 Å². The standard InChI is InChI=1S/C28H32FN3O5S/c1-4-18-30-28(34)21(2)31(19-22-14-16-23(37-3)17-15-22)27(33)20-32(26-13-9-8-12-25(26)29)38(35,36)24-10-6-5-7-11-24/h5-17,21H,4,18-20H2,1-3H3,(H,30,34)/t21-/m1/s1. The third-order valence-corrected chi connectivity index (χ3v) is 7.73. The van der Waals surface area contributed by atoms with E-state index in [1.165, 1.54) is 42.3 Å². The van der Waals surface area contributed by atoms with Crippen molar-refractivity contribution in [3.05, 3.63) is 90.2 Å². The van der Waals surface area contributed by atoms with Crippen molar-refractivity contribution in [3.63, 3.8) is 0 Å². The smallest absolute Gasteiger partial charge is 0.264 e. The molecule has 3 aromatic rings. The van der Waals surface area contributed by atoms with Gasteiger partial charge in [-0.15, -0.1) is 0 Å². The maximum atomic E-state index is 14.9. The van der Waals surface area contributed by atoms with Crippen molar-refractivity contribution in [3.8, 4) is 5.75 Å². The van der Waals surface area contributed by atoms with Crippen molar-refractivity contribution in [2.24, 2.45) is 0 Å². The lowest BCUT2D eigenvalue weighted by Gasteiger charge is -2.32. The van der Waals surface area contributed by atoms with Gasteiger partial charge >= 0.3 is 0 Å². The molecule has 0 aromatic heterocycles. The van der Waals surface area contributed by atoms with Gasteiger partial charge in [0.15, 0.2) is 0 Å². The van der Waals surface area contributed by atoms with Crippen LogP contribution in [0.2, 0.25) is 0 Å². The summed E-state index contributed by atoms with van der Waals surface area (Å²) in [5.41, 5.74) is 0.440. The Morgan fingerprint density at radius 1 is 0.974 bits per heavy atom. The van der Waals surface area contributed by atoms with Crippen LogP contribution in [-0.2, 0) is 26.2 Å². The lowest BCUT2D eigenvalue weighted by Crippen LogP contribution is -2.51. The molecule has 0 fully saturated rings. The molecule has 0 unspecified atom stereocenters. The summed E-state index contributed by atoms with van der Waals surface area (Å²) in [6, 6.07) is 18.9. The van der Waals surface area contributed by atoms with E-state index < -0.39 is 34.3 Å². The molecule has 8 nitrogen and oxygen atoms in total. The summed E-state index contributed by atoms with van der Waals surface area (Å²) in [6.07, 6.45) is 0.710. The van der Waals surface area contributed by atoms with E-state index in [1.807, 2.05) is 6.92 Å². The van der Waals surface area contributed by atoms with Crippen LogP contribution in [0.5, 0.6) is 5.75 Å². The number of hydrogen-bond acceptors (Lipinski definition) is 5. The van der Waals surface area contributed by atoms with Gasteiger partial charge in [-0.1, -0.05) is 49.4 Å². The number of nitrogens with one attached hydrogen (secondary N) is 1. The van der Waals surface area contributed by atoms with Gasteiger partial charge in [-0.2, -0.15) is 0 Å². The number of halogens is 1. The first-order valence-electron chi connectivity index (χ1n) is 12.2. The van der Waals surface area contributed by atoms with Gasteiger partial charge in [0.2, 0.25) is 11.8 Å². The van der Waals surface area contributed by atoms with Crippen LogP contribution in [0.15, 0.2) is 83.8 Å². The molecule has 10 heteroatoms. The molecule has 0 heterocycles. The Hall–Kier alpha value is -3.92. The average Bonchev–Trinajstić information content (AvgIpc) is 2.94. The number of amides is 2. The molecule has 38 heavy (non-hydrogen) atoms. The molecule has 0 saturated carbocycles. The SMILES string of the molecule is CCCNC(=O)[C@@H](C)N(Cc1ccc(OC)cc1)C(=O)CN(c1ccccc1F)S(=O)(=O)c1ccccc1. The van der Waals surface area contributed by atoms with Crippen molar-refractivity contribution < 1.29 is 27.1 Å². The van der Waals surface area contributed by atoms with Crippen molar-refractivity contribution in [2.75, 3.05) is 24.5 Å². The van der Waals surface area contributed by atoms with Crippen LogP contribution in [0.1, 0.15) is 25.8 Å². The Bertz CT molecular complexity index is 1330. The van der Waals surface area contributed by atoms with E-state index in [-0.39, 0.29) is 23.0 Å². The van der Waals surface area contributed by atoms with Crippen molar-refractivity contribution >= 4 is 27.5 Å². The molecule has 2 amide bonds. The highest BCUT2D eigenvalue weighted by Crippen LogP contribution is 2.27. The highest BCUT2D eigenvalue weighted by Gasteiger charge is 2.33. The van der Waals surface area contributed by atoms with Gasteiger partial charge in [0.25, 0.3) is 10.0 Å². The summed E-state index contributed by atoms with van der Waals surface area (Å²) < 4.78 is 48.0. The minimum Gasteiger partial charge on any atom is -0.497 e. The largest absolute Gasteiger partial charge is 0.497 e. The van der Waals surface area contributed by atoms with Crippen LogP contribution in [-0.4, -0.2) is 51.4 Å². The summed E-state index contributed by atoms with van der Waals surface area (Å²) in [5, 5.41) is 2.78. The quantitative estimate of drug-likeness (QED) is 0.374. The molecule has 3 rings (SSSR count). The fourth-order valence-electron chi connectivity index (χ4n) is 3.79. The average molecular weight is 542 g/mol. The van der Waals surface area contributed by atoms with Crippen LogP contribution in [0.4, 0.5) is 10.1 Å². The molecule has 0 spiro atoms. The van der Waals surface area contributed by atoms with Crippen molar-refractivity contribution in [2.45, 2.75) is 37.8 Å². The summed E-state index contributed by atoms with van der Waals surface area (Å²) in [7, 11) is -2.78. The Kier molecular flexibility index (Phi) is 9.84. The number of ether oxygens (including phenoxy) is 1. The third-order valence-electron chi connectivity index (χ3n) is 5.96. The highest BCUT2D eigenvalue weighted by atomic mass is 32.2. The number of para-hydroxylation sites is 1. The Morgan fingerprint density at radius 2 is 1.61 bits per heavy atom. The molecule has 0 aliphatic carbocycles. The molecule has 1 atom stereocenters. The van der Waals surface area contributed by atoms with Crippen LogP contribution < -0.4 is 14.4 Å². The topological polar surface area (TPSA) is 96.0 Å². The molecule has 202 valence electrons. The van der Waals surface area contributed by atoms with Crippen LogP contribution in [0.3, 0.4) is 0 Å². The number of sulfonamides is 1. The van der Waals surface area contributed by atoms with E-state index in [2.05, 4.69) is 5.32 Å². The van der Waals surface area contributed by atoms with Gasteiger partial charge in [-0.05, 0) is 55.3 Å². The molecule has 1 N–H and O–H groups in total. The van der Waals surface area contributed by atoms with Crippen LogP contribution in [0, 0.1) is 5.82 Å². The normalized spacial score (nSPS) is 11.9. The van der Waals surface area contributed by atoms with Gasteiger partial charge in [0.1, 0.15) is 24.2 Å². The predicted molar refractivity (Wildman–Crippen MR) is 144 cm³/mol. The van der Waals surface area contributed by atoms with Gasteiger partial charge in [0, 0.05) is 13.1 Å². The zero-order valence-electron chi connectivity index (χ0n) is 21.6. The van der Waals surface area contributed by atoms with Gasteiger partial charge in [-0.3, -0.25) is 13.9 Å². The highest BCUT2D eigenvalue weighted by molar-refractivity contribution is 7.92. The van der Waals surface area contributed by atoms with Gasteiger partial charge < -0.3 is 15.0 Å². The maximum absolute atomic E-state index is 14.9. The molecular weight excluding hydrogens is 509 g/mol. The fourth-order valence-corrected chi connectivity index (χ4v) is 5.24. The monoisotopic (exact) mass is 541 g/mol. The second-order valence-corrected chi connectivity index (χ2v) is 10.5. The Morgan fingerprint density at radius 3 is 2.21 bits per heavy atom. The molecule has 0 radical (unpaired) electrons. The second kappa shape index (κ2) is 13.0. The number of benzene rings is 3. The number of carbonyl (C=O) groups excluding carboxylic acids is 2. The first kappa shape index (κ1) is 28.6. The number of methoxy groups -OCH3 is 1. The Balaban J connectivity index is 2.01. The molecule has 0 bridgehead atoms. The number of hydrogen-bond donors (Lipinski definition) is 1. The molecule has 0 aliphatic rings. The zero-order valence-corrected chi connectivity index (χ0v) is 22.4. The van der Waals surface area contributed by atoms with Gasteiger partial charge in [0.05, 0.1) is 17.7 Å². The molecular formula is C28H32FN3O5S. The number of carbonyl (C=O) groups is 2. The van der Waals surface area contributed by atoms with E-state index in [1.54, 1.807) is 49.4 Å². The lowest BCUT2D eigenvalue weighted by atomic mass is 10.1. The maximum Gasteiger partial charge on any atom is 0.264 e. The van der Waals surface area contributed by atoms with E-state index in [9.17, 15) is 22.4 Å². The zero-order chi connectivity index (χ0) is 27.7. The van der Waals surface area contributed by atoms with Crippen molar-refractivity contribution in [1.82, 2.24) is 10.2 Å². The number of rotatable bonds is 12. The van der Waals surface area contributed by atoms with Crippen LogP contribution in [0.25, 0.3) is 0 Å². The van der Waals surface area contributed by atoms with E-state index in [0.717, 1.165) is 10.4 Å². The minimum absolute atomic E-state index is 0.0278. The molecule has 0 saturated heterocycles. The van der Waals surface area contributed by atoms with E-state index >= 15 is 0 Å². The van der Waals surface area contributed by atoms with E-state index in [4.69, 9.17) is 4.74 Å². The first-order valence-corrected chi connectivity index (χ1v) is 13.7. The number of anilines is 1. The third kappa shape index (κ3) is 6.89. The summed E-state index contributed by atoms with van der Waals surface area (Å²) >= 11 is 0. The van der Waals surface area contributed by atoms with E-state index in [0.29, 0.717) is 24.3 Å². The summed E-state index contributed by atoms with van der Waals surface area (Å²) in [5.74, 6) is -1.21. The molecule has 3 aromatic carbocycles. The molecule has 0 aliphatic heterocycles. The summed E-state index contributed by atoms with van der Waals surface area (Å²) in [4.78, 5) is 27.8. The lowest BCUT2D eigenvalue weighted by molar-refractivity contribution is -0.139.